The molecule has 0 saturated carbocycles. The molecule has 6 nitrogen and oxygen atoms in total. The predicted octanol–water partition coefficient (Wildman–Crippen LogP) is 2.90. The Morgan fingerprint density at radius 2 is 2.16 bits per heavy atom. The van der Waals surface area contributed by atoms with Crippen molar-refractivity contribution in [2.45, 2.75) is 45.6 Å². The van der Waals surface area contributed by atoms with Crippen LogP contribution in [0.1, 0.15) is 58.7 Å². The van der Waals surface area contributed by atoms with Crippen LogP contribution in [0.2, 0.25) is 0 Å². The summed E-state index contributed by atoms with van der Waals surface area (Å²) >= 11 is 0. The number of carbonyl (C=O) groups excluding carboxylic acids is 2. The molecule has 3 rings (SSSR count). The molecule has 1 amide bonds. The quantitative estimate of drug-likeness (QED) is 0.845. The zero-order chi connectivity index (χ0) is 17.8. The van der Waals surface area contributed by atoms with E-state index in [4.69, 9.17) is 9.26 Å². The average molecular weight is 342 g/mol. The lowest BCUT2D eigenvalue weighted by Crippen LogP contribution is -2.34. The van der Waals surface area contributed by atoms with Gasteiger partial charge in [0.2, 0.25) is 0 Å². The number of fused-ring (bicyclic) bond motifs is 1. The first-order valence-corrected chi connectivity index (χ1v) is 8.59. The maximum absolute atomic E-state index is 12.2. The van der Waals surface area contributed by atoms with E-state index in [9.17, 15) is 9.59 Å². The fourth-order valence-corrected chi connectivity index (χ4v) is 3.26. The van der Waals surface area contributed by atoms with Gasteiger partial charge in [0, 0.05) is 0 Å². The lowest BCUT2D eigenvalue weighted by Gasteiger charge is -2.26. The minimum absolute atomic E-state index is 0.0281. The summed E-state index contributed by atoms with van der Waals surface area (Å²) in [4.78, 5) is 24.4. The van der Waals surface area contributed by atoms with Crippen LogP contribution >= 0.6 is 0 Å². The highest BCUT2D eigenvalue weighted by molar-refractivity contribution is 5.93. The van der Waals surface area contributed by atoms with Gasteiger partial charge < -0.3 is 14.6 Å². The number of hydrogen-bond acceptors (Lipinski definition) is 5. The van der Waals surface area contributed by atoms with Gasteiger partial charge in [-0.05, 0) is 43.7 Å². The van der Waals surface area contributed by atoms with Gasteiger partial charge >= 0.3 is 5.97 Å². The molecule has 0 saturated heterocycles. The number of esters is 1. The third-order valence-corrected chi connectivity index (χ3v) is 4.51. The molecule has 0 bridgehead atoms. The van der Waals surface area contributed by atoms with Crippen LogP contribution in [0.3, 0.4) is 0 Å². The van der Waals surface area contributed by atoms with Crippen molar-refractivity contribution >= 4 is 11.9 Å². The van der Waals surface area contributed by atoms with E-state index in [1.807, 2.05) is 25.1 Å². The van der Waals surface area contributed by atoms with Gasteiger partial charge in [0.1, 0.15) is 11.3 Å². The van der Waals surface area contributed by atoms with Gasteiger partial charge in [-0.15, -0.1) is 0 Å². The molecule has 0 radical (unpaired) electrons. The van der Waals surface area contributed by atoms with E-state index in [0.29, 0.717) is 23.4 Å². The van der Waals surface area contributed by atoms with E-state index in [2.05, 4.69) is 16.5 Å². The highest BCUT2D eigenvalue weighted by Gasteiger charge is 2.24. The topological polar surface area (TPSA) is 81.4 Å². The number of benzene rings is 1. The molecule has 132 valence electrons. The molecular weight excluding hydrogens is 320 g/mol. The van der Waals surface area contributed by atoms with Crippen molar-refractivity contribution in [2.24, 2.45) is 0 Å². The monoisotopic (exact) mass is 342 g/mol. The van der Waals surface area contributed by atoms with Gasteiger partial charge in [-0.3, -0.25) is 4.79 Å². The number of nitrogens with zero attached hydrogens (tertiary/aromatic N) is 1. The van der Waals surface area contributed by atoms with Crippen LogP contribution in [0.5, 0.6) is 0 Å². The summed E-state index contributed by atoms with van der Waals surface area (Å²) in [5, 5.41) is 6.79. The minimum atomic E-state index is -0.574. The van der Waals surface area contributed by atoms with Crippen molar-refractivity contribution < 1.29 is 18.8 Å². The van der Waals surface area contributed by atoms with Crippen molar-refractivity contribution in [1.29, 1.82) is 0 Å². The Bertz CT molecular complexity index is 781. The first-order chi connectivity index (χ1) is 12.1. The zero-order valence-corrected chi connectivity index (χ0v) is 14.5. The van der Waals surface area contributed by atoms with E-state index < -0.39 is 5.97 Å². The van der Waals surface area contributed by atoms with Gasteiger partial charge in [0.05, 0.1) is 11.7 Å². The molecular formula is C19H22N2O4. The van der Waals surface area contributed by atoms with Gasteiger partial charge in [0.25, 0.3) is 5.91 Å². The second-order valence-corrected chi connectivity index (χ2v) is 6.20. The number of amides is 1. The number of carbonyl (C=O) groups is 2. The molecule has 0 aliphatic heterocycles. The molecule has 1 aliphatic rings. The Balaban J connectivity index is 1.59. The van der Waals surface area contributed by atoms with Crippen LogP contribution in [0.4, 0.5) is 0 Å². The Hall–Kier alpha value is -2.63. The number of aryl methyl sites for hydroxylation is 3. The maximum Gasteiger partial charge on any atom is 0.344 e. The lowest BCUT2D eigenvalue weighted by molar-refractivity contribution is -0.125. The number of ether oxygens (including phenoxy) is 1. The lowest BCUT2D eigenvalue weighted by atomic mass is 9.88. The van der Waals surface area contributed by atoms with E-state index in [-0.39, 0.29) is 18.6 Å². The SMILES string of the molecule is CCc1noc(C)c1C(=O)OCC(=O)N[C@H]1CCCc2ccccc21. The number of rotatable bonds is 5. The minimum Gasteiger partial charge on any atom is -0.452 e. The molecule has 1 aromatic carbocycles. The van der Waals surface area contributed by atoms with Crippen molar-refractivity contribution in [3.05, 3.63) is 52.4 Å². The maximum atomic E-state index is 12.2. The second kappa shape index (κ2) is 7.51. The largest absolute Gasteiger partial charge is 0.452 e. The highest BCUT2D eigenvalue weighted by Crippen LogP contribution is 2.29. The summed E-state index contributed by atoms with van der Waals surface area (Å²) in [6.07, 6.45) is 3.51. The fourth-order valence-electron chi connectivity index (χ4n) is 3.26. The van der Waals surface area contributed by atoms with Crippen LogP contribution in [-0.2, 0) is 22.4 Å². The molecule has 1 heterocycles. The molecule has 25 heavy (non-hydrogen) atoms. The van der Waals surface area contributed by atoms with Gasteiger partial charge in [-0.25, -0.2) is 4.79 Å². The standard InChI is InChI=1S/C19H22N2O4/c1-3-15-18(12(2)25-21-15)19(23)24-11-17(22)20-16-10-6-8-13-7-4-5-9-14(13)16/h4-5,7,9,16H,3,6,8,10-11H2,1-2H3,(H,20,22)/t16-/m0/s1. The Morgan fingerprint density at radius 1 is 1.36 bits per heavy atom. The fraction of sp³-hybridized carbons (Fsp3) is 0.421. The average Bonchev–Trinajstić information content (AvgIpc) is 3.01. The number of nitrogens with one attached hydrogen (secondary N) is 1. The summed E-state index contributed by atoms with van der Waals surface area (Å²) in [5.41, 5.74) is 3.28. The number of hydrogen-bond donors (Lipinski definition) is 1. The first kappa shape index (κ1) is 17.2. The van der Waals surface area contributed by atoms with Crippen molar-refractivity contribution in [1.82, 2.24) is 10.5 Å². The molecule has 1 atom stereocenters. The van der Waals surface area contributed by atoms with Crippen LogP contribution in [-0.4, -0.2) is 23.6 Å². The number of aromatic nitrogens is 1. The van der Waals surface area contributed by atoms with Crippen molar-refractivity contribution in [3.63, 3.8) is 0 Å². The second-order valence-electron chi connectivity index (χ2n) is 6.20. The van der Waals surface area contributed by atoms with Crippen LogP contribution in [0.25, 0.3) is 0 Å². The van der Waals surface area contributed by atoms with Crippen molar-refractivity contribution in [2.75, 3.05) is 6.61 Å². The molecule has 1 aromatic heterocycles. The third-order valence-electron chi connectivity index (χ3n) is 4.51. The smallest absolute Gasteiger partial charge is 0.344 e. The summed E-state index contributed by atoms with van der Waals surface area (Å²) in [6, 6.07) is 8.09. The zero-order valence-electron chi connectivity index (χ0n) is 14.5. The Labute approximate surface area is 146 Å². The van der Waals surface area contributed by atoms with E-state index in [0.717, 1.165) is 24.8 Å². The third kappa shape index (κ3) is 3.73. The molecule has 1 N–H and O–H groups in total. The molecule has 0 unspecified atom stereocenters. The molecule has 0 fully saturated rings. The Morgan fingerprint density at radius 3 is 2.96 bits per heavy atom. The molecule has 2 aromatic rings. The summed E-state index contributed by atoms with van der Waals surface area (Å²) in [6.45, 7) is 3.22. The highest BCUT2D eigenvalue weighted by atomic mass is 16.5. The van der Waals surface area contributed by atoms with Crippen LogP contribution < -0.4 is 5.32 Å². The van der Waals surface area contributed by atoms with Gasteiger partial charge in [-0.1, -0.05) is 36.3 Å². The van der Waals surface area contributed by atoms with Crippen LogP contribution in [0, 0.1) is 6.92 Å². The predicted molar refractivity (Wildman–Crippen MR) is 91.2 cm³/mol. The van der Waals surface area contributed by atoms with Gasteiger partial charge in [-0.2, -0.15) is 0 Å². The normalized spacial score (nSPS) is 16.2. The Kier molecular flexibility index (Phi) is 5.16. The van der Waals surface area contributed by atoms with Crippen LogP contribution in [0.15, 0.2) is 28.8 Å². The summed E-state index contributed by atoms with van der Waals surface area (Å²) in [7, 11) is 0. The van der Waals surface area contributed by atoms with E-state index in [1.54, 1.807) is 6.92 Å². The molecule has 1 aliphatic carbocycles. The van der Waals surface area contributed by atoms with E-state index in [1.165, 1.54) is 5.56 Å². The van der Waals surface area contributed by atoms with Crippen molar-refractivity contribution in [3.8, 4) is 0 Å². The first-order valence-electron chi connectivity index (χ1n) is 8.59. The molecule has 0 spiro atoms. The van der Waals surface area contributed by atoms with E-state index >= 15 is 0 Å². The molecule has 6 heteroatoms. The summed E-state index contributed by atoms with van der Waals surface area (Å²) in [5.74, 6) is -0.472. The van der Waals surface area contributed by atoms with Gasteiger partial charge in [0.15, 0.2) is 6.61 Å². The summed E-state index contributed by atoms with van der Waals surface area (Å²) < 4.78 is 10.2.